The molecule has 5 rings (SSSR count). The SMILES string of the molecule is Fc1ccc(N2CCN(c3c4c(nc5ncnn35)CCCC4)CC2)cc1. The van der Waals surface area contributed by atoms with E-state index in [0.717, 1.165) is 44.7 Å². The Kier molecular flexibility index (Phi) is 3.72. The zero-order valence-corrected chi connectivity index (χ0v) is 14.6. The Hall–Kier alpha value is -2.70. The lowest BCUT2D eigenvalue weighted by molar-refractivity contribution is 0.612. The van der Waals surface area contributed by atoms with Crippen molar-refractivity contribution in [2.75, 3.05) is 36.0 Å². The van der Waals surface area contributed by atoms with E-state index in [2.05, 4.69) is 19.9 Å². The molecule has 0 unspecified atom stereocenters. The van der Waals surface area contributed by atoms with E-state index in [0.29, 0.717) is 5.78 Å². The largest absolute Gasteiger partial charge is 0.368 e. The van der Waals surface area contributed by atoms with Crippen LogP contribution in [0.4, 0.5) is 15.9 Å². The van der Waals surface area contributed by atoms with Gasteiger partial charge in [0, 0.05) is 37.4 Å². The molecule has 2 aliphatic rings. The summed E-state index contributed by atoms with van der Waals surface area (Å²) < 4.78 is 15.1. The molecule has 26 heavy (non-hydrogen) atoms. The lowest BCUT2D eigenvalue weighted by Crippen LogP contribution is -2.47. The van der Waals surface area contributed by atoms with E-state index in [1.54, 1.807) is 6.33 Å². The number of hydrogen-bond acceptors (Lipinski definition) is 5. The second-order valence-corrected chi connectivity index (χ2v) is 6.99. The Morgan fingerprint density at radius 2 is 1.62 bits per heavy atom. The summed E-state index contributed by atoms with van der Waals surface area (Å²) in [6.07, 6.45) is 6.08. The number of aryl methyl sites for hydroxylation is 1. The molecule has 7 heteroatoms. The van der Waals surface area contributed by atoms with Crippen LogP contribution in [0.5, 0.6) is 0 Å². The average Bonchev–Trinajstić information content (AvgIpc) is 3.15. The van der Waals surface area contributed by atoms with Gasteiger partial charge in [-0.3, -0.25) is 0 Å². The third-order valence-corrected chi connectivity index (χ3v) is 5.44. The van der Waals surface area contributed by atoms with E-state index in [-0.39, 0.29) is 5.82 Å². The van der Waals surface area contributed by atoms with Gasteiger partial charge in [0.1, 0.15) is 18.0 Å². The molecule has 3 heterocycles. The number of hydrogen-bond donors (Lipinski definition) is 0. The summed E-state index contributed by atoms with van der Waals surface area (Å²) in [4.78, 5) is 13.8. The zero-order chi connectivity index (χ0) is 17.5. The van der Waals surface area contributed by atoms with Crippen molar-refractivity contribution in [1.29, 1.82) is 0 Å². The highest BCUT2D eigenvalue weighted by Crippen LogP contribution is 2.30. The Bertz CT molecular complexity index is 927. The number of rotatable bonds is 2. The van der Waals surface area contributed by atoms with Gasteiger partial charge in [0.2, 0.25) is 0 Å². The van der Waals surface area contributed by atoms with E-state index in [1.165, 1.54) is 42.0 Å². The molecule has 6 nitrogen and oxygen atoms in total. The van der Waals surface area contributed by atoms with Crippen molar-refractivity contribution in [1.82, 2.24) is 19.6 Å². The molecule has 0 N–H and O–H groups in total. The van der Waals surface area contributed by atoms with Crippen molar-refractivity contribution >= 4 is 17.3 Å². The van der Waals surface area contributed by atoms with Crippen molar-refractivity contribution < 1.29 is 4.39 Å². The molecule has 0 atom stereocenters. The van der Waals surface area contributed by atoms with E-state index < -0.39 is 0 Å². The molecule has 1 aliphatic heterocycles. The molecule has 2 aromatic heterocycles. The Labute approximate surface area is 151 Å². The molecule has 1 fully saturated rings. The standard InChI is InChI=1S/C19H21FN6/c20-14-5-7-15(8-6-14)24-9-11-25(12-10-24)18-16-3-1-2-4-17(16)23-19-21-13-22-26(18)19/h5-8,13H,1-4,9-12H2. The maximum Gasteiger partial charge on any atom is 0.254 e. The smallest absolute Gasteiger partial charge is 0.254 e. The lowest BCUT2D eigenvalue weighted by Gasteiger charge is -2.38. The first-order valence-corrected chi connectivity index (χ1v) is 9.26. The first-order valence-electron chi connectivity index (χ1n) is 9.26. The maximum absolute atomic E-state index is 13.2. The molecule has 3 aromatic rings. The number of nitrogens with zero attached hydrogens (tertiary/aromatic N) is 6. The molecule has 0 bridgehead atoms. The monoisotopic (exact) mass is 352 g/mol. The van der Waals surface area contributed by atoms with Crippen LogP contribution in [0, 0.1) is 5.82 Å². The molecular formula is C19H21FN6. The predicted molar refractivity (Wildman–Crippen MR) is 98.3 cm³/mol. The van der Waals surface area contributed by atoms with E-state index in [1.807, 2.05) is 16.6 Å². The van der Waals surface area contributed by atoms with Gasteiger partial charge in [-0.25, -0.2) is 9.37 Å². The van der Waals surface area contributed by atoms with Crippen molar-refractivity contribution in [3.8, 4) is 0 Å². The highest BCUT2D eigenvalue weighted by molar-refractivity contribution is 5.57. The Balaban J connectivity index is 1.44. The number of piperazine rings is 1. The van der Waals surface area contributed by atoms with Crippen LogP contribution in [0.1, 0.15) is 24.1 Å². The van der Waals surface area contributed by atoms with Crippen LogP contribution in [0.3, 0.4) is 0 Å². The van der Waals surface area contributed by atoms with E-state index >= 15 is 0 Å². The average molecular weight is 352 g/mol. The number of fused-ring (bicyclic) bond motifs is 2. The van der Waals surface area contributed by atoms with Crippen LogP contribution in [0.15, 0.2) is 30.6 Å². The Morgan fingerprint density at radius 3 is 2.42 bits per heavy atom. The fraction of sp³-hybridized carbons (Fsp3) is 0.421. The number of benzene rings is 1. The number of anilines is 2. The van der Waals surface area contributed by atoms with Gasteiger partial charge in [-0.05, 0) is 49.9 Å². The fourth-order valence-corrected chi connectivity index (χ4v) is 4.12. The molecule has 0 saturated carbocycles. The molecule has 0 amide bonds. The zero-order valence-electron chi connectivity index (χ0n) is 14.6. The van der Waals surface area contributed by atoms with Gasteiger partial charge in [0.05, 0.1) is 5.69 Å². The van der Waals surface area contributed by atoms with Gasteiger partial charge in [-0.2, -0.15) is 14.6 Å². The minimum Gasteiger partial charge on any atom is -0.368 e. The molecule has 1 saturated heterocycles. The summed E-state index contributed by atoms with van der Waals surface area (Å²) in [6.45, 7) is 3.61. The number of aromatic nitrogens is 4. The second kappa shape index (κ2) is 6.23. The van der Waals surface area contributed by atoms with E-state index in [9.17, 15) is 4.39 Å². The van der Waals surface area contributed by atoms with Crippen LogP contribution in [0.25, 0.3) is 5.78 Å². The topological polar surface area (TPSA) is 49.6 Å². The summed E-state index contributed by atoms with van der Waals surface area (Å²) in [6, 6.07) is 6.77. The molecule has 0 spiro atoms. The summed E-state index contributed by atoms with van der Waals surface area (Å²) >= 11 is 0. The minimum absolute atomic E-state index is 0.190. The predicted octanol–water partition coefficient (Wildman–Crippen LogP) is 2.47. The quantitative estimate of drug-likeness (QED) is 0.709. The van der Waals surface area contributed by atoms with Gasteiger partial charge < -0.3 is 9.80 Å². The van der Waals surface area contributed by atoms with Crippen molar-refractivity contribution in [2.45, 2.75) is 25.7 Å². The maximum atomic E-state index is 13.2. The van der Waals surface area contributed by atoms with Gasteiger partial charge in [0.15, 0.2) is 0 Å². The van der Waals surface area contributed by atoms with Gasteiger partial charge in [-0.15, -0.1) is 0 Å². The Morgan fingerprint density at radius 1 is 0.885 bits per heavy atom. The number of halogens is 1. The van der Waals surface area contributed by atoms with Crippen LogP contribution in [-0.2, 0) is 12.8 Å². The molecule has 1 aliphatic carbocycles. The highest BCUT2D eigenvalue weighted by atomic mass is 19.1. The highest BCUT2D eigenvalue weighted by Gasteiger charge is 2.26. The molecular weight excluding hydrogens is 331 g/mol. The van der Waals surface area contributed by atoms with Crippen LogP contribution >= 0.6 is 0 Å². The van der Waals surface area contributed by atoms with Crippen molar-refractivity contribution in [3.05, 3.63) is 47.7 Å². The van der Waals surface area contributed by atoms with Crippen LogP contribution < -0.4 is 9.80 Å². The summed E-state index contributed by atoms with van der Waals surface area (Å²) in [5.41, 5.74) is 3.60. The summed E-state index contributed by atoms with van der Waals surface area (Å²) in [5, 5.41) is 4.43. The third kappa shape index (κ3) is 2.58. The lowest BCUT2D eigenvalue weighted by atomic mass is 9.96. The first kappa shape index (κ1) is 15.5. The summed E-state index contributed by atoms with van der Waals surface area (Å²) in [7, 11) is 0. The van der Waals surface area contributed by atoms with E-state index in [4.69, 9.17) is 4.98 Å². The van der Waals surface area contributed by atoms with Gasteiger partial charge in [-0.1, -0.05) is 0 Å². The molecule has 0 radical (unpaired) electrons. The fourth-order valence-electron chi connectivity index (χ4n) is 4.12. The normalized spacial score (nSPS) is 17.6. The van der Waals surface area contributed by atoms with Crippen LogP contribution in [0.2, 0.25) is 0 Å². The van der Waals surface area contributed by atoms with Gasteiger partial charge in [0.25, 0.3) is 5.78 Å². The van der Waals surface area contributed by atoms with Gasteiger partial charge >= 0.3 is 0 Å². The second-order valence-electron chi connectivity index (χ2n) is 6.99. The molecule has 1 aromatic carbocycles. The first-order chi connectivity index (χ1) is 12.8. The van der Waals surface area contributed by atoms with Crippen molar-refractivity contribution in [3.63, 3.8) is 0 Å². The van der Waals surface area contributed by atoms with Crippen LogP contribution in [-0.4, -0.2) is 45.8 Å². The minimum atomic E-state index is -0.190. The summed E-state index contributed by atoms with van der Waals surface area (Å²) in [5.74, 6) is 1.67. The third-order valence-electron chi connectivity index (χ3n) is 5.44. The molecule has 134 valence electrons. The van der Waals surface area contributed by atoms with Crippen molar-refractivity contribution in [2.24, 2.45) is 0 Å².